The van der Waals surface area contributed by atoms with Crippen LogP contribution in [0.15, 0.2) is 18.2 Å². The number of nitriles is 1. The van der Waals surface area contributed by atoms with Crippen LogP contribution in [-0.4, -0.2) is 42.8 Å². The largest absolute Gasteiger partial charge is 0.444 e. The molecule has 0 aliphatic carbocycles. The average molecular weight is 370 g/mol. The maximum absolute atomic E-state index is 12.3. The third kappa shape index (κ3) is 4.55. The summed E-state index contributed by atoms with van der Waals surface area (Å²) in [4.78, 5) is 16.5. The van der Waals surface area contributed by atoms with Crippen molar-refractivity contribution in [1.82, 2.24) is 4.90 Å². The number of carbonyl (C=O) groups excluding carboxylic acids is 1. The number of hydrogen-bond acceptors (Lipinski definition) is 4. The van der Waals surface area contributed by atoms with Gasteiger partial charge in [0.05, 0.1) is 11.3 Å². The van der Waals surface area contributed by atoms with E-state index in [0.717, 1.165) is 43.9 Å². The molecule has 2 aliphatic rings. The van der Waals surface area contributed by atoms with Crippen LogP contribution in [0.1, 0.15) is 45.7 Å². The number of fused-ring (bicyclic) bond motifs is 1. The molecule has 1 amide bonds. The van der Waals surface area contributed by atoms with E-state index >= 15 is 0 Å². The van der Waals surface area contributed by atoms with Crippen LogP contribution in [0.25, 0.3) is 0 Å². The predicted octanol–water partition coefficient (Wildman–Crippen LogP) is 4.06. The highest BCUT2D eigenvalue weighted by atomic mass is 16.6. The Bertz CT molecular complexity index is 731. The third-order valence-corrected chi connectivity index (χ3v) is 5.31. The summed E-state index contributed by atoms with van der Waals surface area (Å²) in [7, 11) is 0. The van der Waals surface area contributed by atoms with Crippen LogP contribution in [-0.2, 0) is 11.2 Å². The summed E-state index contributed by atoms with van der Waals surface area (Å²) < 4.78 is 5.52. The zero-order valence-corrected chi connectivity index (χ0v) is 17.2. The fraction of sp³-hybridized carbons (Fsp3) is 0.636. The van der Waals surface area contributed by atoms with Crippen molar-refractivity contribution >= 4 is 11.8 Å². The maximum atomic E-state index is 12.3. The van der Waals surface area contributed by atoms with Gasteiger partial charge < -0.3 is 14.5 Å². The molecule has 1 aromatic carbocycles. The molecule has 27 heavy (non-hydrogen) atoms. The molecule has 2 saturated heterocycles. The minimum Gasteiger partial charge on any atom is -0.444 e. The van der Waals surface area contributed by atoms with E-state index in [0.29, 0.717) is 17.8 Å². The Morgan fingerprint density at radius 1 is 1.22 bits per heavy atom. The Hall–Kier alpha value is -2.22. The van der Waals surface area contributed by atoms with E-state index in [2.05, 4.69) is 36.9 Å². The normalized spacial score (nSPS) is 22.1. The van der Waals surface area contributed by atoms with Crippen molar-refractivity contribution in [3.05, 3.63) is 29.3 Å². The summed E-state index contributed by atoms with van der Waals surface area (Å²) >= 11 is 0. The molecule has 5 nitrogen and oxygen atoms in total. The first-order valence-corrected chi connectivity index (χ1v) is 9.92. The molecule has 2 unspecified atom stereocenters. The number of carbonyl (C=O) groups is 1. The Balaban J connectivity index is 1.68. The third-order valence-electron chi connectivity index (χ3n) is 5.31. The predicted molar refractivity (Wildman–Crippen MR) is 107 cm³/mol. The van der Waals surface area contributed by atoms with Gasteiger partial charge in [-0.1, -0.05) is 19.9 Å². The average Bonchev–Trinajstić information content (AvgIpc) is 3.11. The first-order valence-electron chi connectivity index (χ1n) is 9.92. The first-order chi connectivity index (χ1) is 12.7. The molecule has 0 radical (unpaired) electrons. The van der Waals surface area contributed by atoms with Crippen molar-refractivity contribution in [1.29, 1.82) is 5.26 Å². The van der Waals surface area contributed by atoms with E-state index in [1.54, 1.807) is 0 Å². The summed E-state index contributed by atoms with van der Waals surface area (Å²) in [5.74, 6) is 1.47. The van der Waals surface area contributed by atoms with Gasteiger partial charge in [-0.2, -0.15) is 5.26 Å². The Kier molecular flexibility index (Phi) is 5.37. The van der Waals surface area contributed by atoms with Gasteiger partial charge in [0, 0.05) is 38.0 Å². The molecular formula is C22H31N3O2. The molecular weight excluding hydrogens is 338 g/mol. The van der Waals surface area contributed by atoms with Gasteiger partial charge in [0.1, 0.15) is 11.7 Å². The van der Waals surface area contributed by atoms with Gasteiger partial charge >= 0.3 is 6.09 Å². The fourth-order valence-electron chi connectivity index (χ4n) is 4.20. The van der Waals surface area contributed by atoms with Crippen LogP contribution in [0, 0.1) is 29.1 Å². The summed E-state index contributed by atoms with van der Waals surface area (Å²) in [6.07, 6.45) is 0.811. The zero-order chi connectivity index (χ0) is 19.8. The van der Waals surface area contributed by atoms with Gasteiger partial charge in [0.15, 0.2) is 0 Å². The topological polar surface area (TPSA) is 56.6 Å². The van der Waals surface area contributed by atoms with Crippen LogP contribution in [0.5, 0.6) is 0 Å². The molecule has 146 valence electrons. The number of benzene rings is 1. The van der Waals surface area contributed by atoms with E-state index in [9.17, 15) is 10.1 Å². The van der Waals surface area contributed by atoms with Crippen molar-refractivity contribution in [3.8, 4) is 6.07 Å². The van der Waals surface area contributed by atoms with E-state index < -0.39 is 5.60 Å². The number of rotatable bonds is 3. The molecule has 0 spiro atoms. The van der Waals surface area contributed by atoms with Crippen molar-refractivity contribution in [3.63, 3.8) is 0 Å². The van der Waals surface area contributed by atoms with Crippen molar-refractivity contribution in [2.24, 2.45) is 17.8 Å². The van der Waals surface area contributed by atoms with E-state index in [4.69, 9.17) is 4.74 Å². The van der Waals surface area contributed by atoms with Gasteiger partial charge in [-0.25, -0.2) is 4.79 Å². The van der Waals surface area contributed by atoms with Gasteiger partial charge in [-0.15, -0.1) is 0 Å². The highest BCUT2D eigenvalue weighted by Crippen LogP contribution is 2.36. The maximum Gasteiger partial charge on any atom is 0.410 e. The van der Waals surface area contributed by atoms with Crippen LogP contribution in [0.3, 0.4) is 0 Å². The van der Waals surface area contributed by atoms with Crippen molar-refractivity contribution in [2.75, 3.05) is 31.1 Å². The number of ether oxygens (including phenoxy) is 1. The second-order valence-electron chi connectivity index (χ2n) is 9.37. The van der Waals surface area contributed by atoms with Gasteiger partial charge in [-0.05, 0) is 50.8 Å². The SMILES string of the molecule is CC(C)Cc1ccc(C#N)c(N2CC3CN(C(=O)OC(C)(C)C)CC3C2)c1. The lowest BCUT2D eigenvalue weighted by Gasteiger charge is -2.27. The van der Waals surface area contributed by atoms with Crippen LogP contribution >= 0.6 is 0 Å². The first kappa shape index (κ1) is 19.5. The highest BCUT2D eigenvalue weighted by molar-refractivity contribution is 5.69. The fourth-order valence-corrected chi connectivity index (χ4v) is 4.20. The number of hydrogen-bond donors (Lipinski definition) is 0. The van der Waals surface area contributed by atoms with Gasteiger partial charge in [0.2, 0.25) is 0 Å². The molecule has 2 heterocycles. The molecule has 0 bridgehead atoms. The highest BCUT2D eigenvalue weighted by Gasteiger charge is 2.43. The summed E-state index contributed by atoms with van der Waals surface area (Å²) in [6, 6.07) is 8.56. The molecule has 0 N–H and O–H groups in total. The molecule has 3 rings (SSSR count). The molecule has 1 aromatic rings. The van der Waals surface area contributed by atoms with E-state index in [1.807, 2.05) is 31.7 Å². The number of anilines is 1. The van der Waals surface area contributed by atoms with Crippen LogP contribution in [0.2, 0.25) is 0 Å². The smallest absolute Gasteiger partial charge is 0.410 e. The quantitative estimate of drug-likeness (QED) is 0.806. The molecule has 2 fully saturated rings. The Morgan fingerprint density at radius 3 is 2.37 bits per heavy atom. The van der Waals surface area contributed by atoms with Crippen molar-refractivity contribution < 1.29 is 9.53 Å². The molecule has 5 heteroatoms. The standard InChI is InChI=1S/C22H31N3O2/c1-15(2)8-16-6-7-17(10-23)20(9-16)24-11-18-13-25(14-19(18)12-24)21(26)27-22(3,4)5/h6-7,9,15,18-19H,8,11-14H2,1-5H3. The summed E-state index contributed by atoms with van der Waals surface area (Å²) in [5.41, 5.74) is 2.62. The van der Waals surface area contributed by atoms with Crippen LogP contribution in [0.4, 0.5) is 10.5 Å². The van der Waals surface area contributed by atoms with Gasteiger partial charge in [-0.3, -0.25) is 0 Å². The molecule has 0 aromatic heterocycles. The molecule has 2 atom stereocenters. The minimum absolute atomic E-state index is 0.208. The summed E-state index contributed by atoms with van der Waals surface area (Å²) in [5, 5.41) is 9.53. The second-order valence-corrected chi connectivity index (χ2v) is 9.37. The van der Waals surface area contributed by atoms with E-state index in [1.165, 1.54) is 5.56 Å². The number of nitrogens with zero attached hydrogens (tertiary/aromatic N) is 3. The number of likely N-dealkylation sites (tertiary alicyclic amines) is 1. The lowest BCUT2D eigenvalue weighted by molar-refractivity contribution is 0.0282. The Morgan fingerprint density at radius 2 is 1.85 bits per heavy atom. The minimum atomic E-state index is -0.459. The lowest BCUT2D eigenvalue weighted by atomic mass is 10.0. The van der Waals surface area contributed by atoms with Crippen LogP contribution < -0.4 is 4.90 Å². The second kappa shape index (κ2) is 7.42. The number of amides is 1. The van der Waals surface area contributed by atoms with Crippen molar-refractivity contribution in [2.45, 2.75) is 46.6 Å². The summed E-state index contributed by atoms with van der Waals surface area (Å²) in [6.45, 7) is 13.4. The van der Waals surface area contributed by atoms with E-state index in [-0.39, 0.29) is 6.09 Å². The molecule has 0 saturated carbocycles. The Labute approximate surface area is 162 Å². The lowest BCUT2D eigenvalue weighted by Crippen LogP contribution is -2.37. The monoisotopic (exact) mass is 369 g/mol. The van der Waals surface area contributed by atoms with Gasteiger partial charge in [0.25, 0.3) is 0 Å². The molecule has 2 aliphatic heterocycles. The zero-order valence-electron chi connectivity index (χ0n) is 17.2.